The van der Waals surface area contributed by atoms with Gasteiger partial charge >= 0.3 is 0 Å². The van der Waals surface area contributed by atoms with Gasteiger partial charge in [0.15, 0.2) is 5.78 Å². The van der Waals surface area contributed by atoms with Crippen molar-refractivity contribution >= 4 is 46.5 Å². The quantitative estimate of drug-likeness (QED) is 0.180. The average molecular weight is 527 g/mol. The molecule has 1 unspecified atom stereocenters. The van der Waals surface area contributed by atoms with Crippen LogP contribution in [-0.4, -0.2) is 18.6 Å². The second-order valence-corrected chi connectivity index (χ2v) is 9.56. The second-order valence-electron chi connectivity index (χ2n) is 8.69. The van der Waals surface area contributed by atoms with Crippen molar-refractivity contribution < 1.29 is 9.53 Å². The minimum Gasteiger partial charge on any atom is -0.497 e. The van der Waals surface area contributed by atoms with Gasteiger partial charge in [0.25, 0.3) is 0 Å². The van der Waals surface area contributed by atoms with Crippen molar-refractivity contribution in [3.05, 3.63) is 135 Å². The Morgan fingerprint density at radius 2 is 1.49 bits per heavy atom. The van der Waals surface area contributed by atoms with Crippen LogP contribution in [0.15, 0.2) is 108 Å². The Kier molecular flexibility index (Phi) is 7.40. The summed E-state index contributed by atoms with van der Waals surface area (Å²) in [6.45, 7) is 0. The number of benzene rings is 4. The van der Waals surface area contributed by atoms with E-state index in [-0.39, 0.29) is 11.8 Å². The zero-order chi connectivity index (χ0) is 25.8. The number of carbonyl (C=O) groups is 1. The lowest BCUT2D eigenvalue weighted by Crippen LogP contribution is -2.18. The van der Waals surface area contributed by atoms with E-state index in [2.05, 4.69) is 17.1 Å². The van der Waals surface area contributed by atoms with Gasteiger partial charge < -0.3 is 4.74 Å². The van der Waals surface area contributed by atoms with Gasteiger partial charge in [0.1, 0.15) is 5.75 Å². The Balaban J connectivity index is 1.40. The Bertz CT molecular complexity index is 1440. The number of hydrogen-bond acceptors (Lipinski definition) is 4. The summed E-state index contributed by atoms with van der Waals surface area (Å²) in [7, 11) is 1.66. The number of rotatable bonds is 7. The van der Waals surface area contributed by atoms with Crippen LogP contribution in [0.4, 0.5) is 5.69 Å². The Morgan fingerprint density at radius 1 is 0.865 bits per heavy atom. The molecule has 0 radical (unpaired) electrons. The third-order valence-electron chi connectivity index (χ3n) is 6.30. The number of allylic oxidation sites excluding steroid dienone is 1. The fourth-order valence-corrected chi connectivity index (χ4v) is 4.52. The first-order valence-electron chi connectivity index (χ1n) is 11.8. The second kappa shape index (κ2) is 11.0. The van der Waals surface area contributed by atoms with Crippen molar-refractivity contribution in [2.24, 2.45) is 5.10 Å². The average Bonchev–Trinajstić information content (AvgIpc) is 3.38. The van der Waals surface area contributed by atoms with Crippen molar-refractivity contribution in [1.82, 2.24) is 0 Å². The summed E-state index contributed by atoms with van der Waals surface area (Å²) in [6, 6.07) is 30.8. The Morgan fingerprint density at radius 3 is 2.11 bits per heavy atom. The predicted molar refractivity (Wildman–Crippen MR) is 152 cm³/mol. The maximum absolute atomic E-state index is 12.5. The molecule has 1 aliphatic rings. The molecular weight excluding hydrogens is 503 g/mol. The third kappa shape index (κ3) is 5.77. The number of hydrogen-bond donors (Lipinski definition) is 0. The van der Waals surface area contributed by atoms with Gasteiger partial charge in [-0.1, -0.05) is 65.7 Å². The molecule has 1 aliphatic heterocycles. The highest BCUT2D eigenvalue weighted by atomic mass is 35.5. The van der Waals surface area contributed by atoms with Crippen LogP contribution in [0.1, 0.15) is 39.5 Å². The van der Waals surface area contributed by atoms with Gasteiger partial charge in [0, 0.05) is 22.0 Å². The molecule has 0 bridgehead atoms. The smallest absolute Gasteiger partial charge is 0.185 e. The topological polar surface area (TPSA) is 41.9 Å². The van der Waals surface area contributed by atoms with E-state index in [1.165, 1.54) is 0 Å². The van der Waals surface area contributed by atoms with Gasteiger partial charge in [-0.15, -0.1) is 0 Å². The molecule has 37 heavy (non-hydrogen) atoms. The molecule has 6 heteroatoms. The van der Waals surface area contributed by atoms with Crippen LogP contribution in [-0.2, 0) is 0 Å². The van der Waals surface area contributed by atoms with Crippen LogP contribution in [0.25, 0.3) is 6.08 Å². The number of carbonyl (C=O) groups excluding carboxylic acids is 1. The molecule has 4 aromatic carbocycles. The fraction of sp³-hybridized carbons (Fsp3) is 0.0968. The molecule has 0 saturated carbocycles. The molecule has 0 spiro atoms. The molecule has 5 rings (SSSR count). The first-order chi connectivity index (χ1) is 18.0. The summed E-state index contributed by atoms with van der Waals surface area (Å²) in [4.78, 5) is 12.5. The van der Waals surface area contributed by atoms with Crippen molar-refractivity contribution in [3.8, 4) is 5.75 Å². The van der Waals surface area contributed by atoms with Crippen LogP contribution in [0.2, 0.25) is 10.0 Å². The number of hydrazone groups is 1. The molecule has 1 atom stereocenters. The lowest BCUT2D eigenvalue weighted by molar-refractivity contribution is 0.104. The van der Waals surface area contributed by atoms with Crippen LogP contribution in [0.5, 0.6) is 5.75 Å². The van der Waals surface area contributed by atoms with Gasteiger partial charge in [-0.2, -0.15) is 5.10 Å². The lowest BCUT2D eigenvalue weighted by Gasteiger charge is -2.24. The SMILES string of the molecule is COc1ccc(C2CC(c3ccc(Cl)cc3)=NN2c2ccc(/C=C/C(=O)c3ccc(Cl)cc3)cc2)cc1. The highest BCUT2D eigenvalue weighted by Gasteiger charge is 2.30. The van der Waals surface area contributed by atoms with Crippen molar-refractivity contribution in [3.63, 3.8) is 0 Å². The monoisotopic (exact) mass is 526 g/mol. The third-order valence-corrected chi connectivity index (χ3v) is 6.81. The summed E-state index contributed by atoms with van der Waals surface area (Å²) >= 11 is 12.0. The summed E-state index contributed by atoms with van der Waals surface area (Å²) in [5, 5.41) is 8.36. The van der Waals surface area contributed by atoms with Gasteiger partial charge in [-0.25, -0.2) is 0 Å². The summed E-state index contributed by atoms with van der Waals surface area (Å²) in [5.74, 6) is 0.744. The highest BCUT2D eigenvalue weighted by molar-refractivity contribution is 6.31. The van der Waals surface area contributed by atoms with Gasteiger partial charge in [0.2, 0.25) is 0 Å². The number of halogens is 2. The van der Waals surface area contributed by atoms with E-state index in [9.17, 15) is 4.79 Å². The molecule has 4 aromatic rings. The number of methoxy groups -OCH3 is 1. The predicted octanol–water partition coefficient (Wildman–Crippen LogP) is 8.25. The molecule has 0 saturated heterocycles. The van der Waals surface area contributed by atoms with Crippen molar-refractivity contribution in [1.29, 1.82) is 0 Å². The van der Waals surface area contributed by atoms with Gasteiger partial charge in [-0.3, -0.25) is 9.80 Å². The van der Waals surface area contributed by atoms with E-state index in [4.69, 9.17) is 33.0 Å². The van der Waals surface area contributed by atoms with Crippen molar-refractivity contribution in [2.75, 3.05) is 12.1 Å². The number of nitrogens with zero attached hydrogens (tertiary/aromatic N) is 2. The van der Waals surface area contributed by atoms with E-state index in [1.54, 1.807) is 37.5 Å². The highest BCUT2D eigenvalue weighted by Crippen LogP contribution is 2.37. The molecule has 0 amide bonds. The Hall–Kier alpha value is -3.86. The van der Waals surface area contributed by atoms with E-state index in [1.807, 2.05) is 66.7 Å². The Labute approximate surface area is 226 Å². The van der Waals surface area contributed by atoms with Gasteiger partial charge in [0.05, 0.1) is 24.6 Å². The molecule has 184 valence electrons. The van der Waals surface area contributed by atoms with Crippen LogP contribution in [0, 0.1) is 0 Å². The minimum absolute atomic E-state index is 0.0319. The lowest BCUT2D eigenvalue weighted by atomic mass is 9.98. The maximum Gasteiger partial charge on any atom is 0.185 e. The molecule has 0 fully saturated rings. The molecule has 4 nitrogen and oxygen atoms in total. The molecule has 0 N–H and O–H groups in total. The fourth-order valence-electron chi connectivity index (χ4n) is 4.27. The normalized spacial score (nSPS) is 15.2. The minimum atomic E-state index is -0.0722. The van der Waals surface area contributed by atoms with Crippen molar-refractivity contribution in [2.45, 2.75) is 12.5 Å². The number of anilines is 1. The summed E-state index contributed by atoms with van der Waals surface area (Å²) in [6.07, 6.45) is 4.14. The molecule has 1 heterocycles. The van der Waals surface area contributed by atoms with E-state index >= 15 is 0 Å². The number of ketones is 1. The van der Waals surface area contributed by atoms with Crippen LogP contribution in [0.3, 0.4) is 0 Å². The summed E-state index contributed by atoms with van der Waals surface area (Å²) < 4.78 is 5.34. The molecular formula is C31H24Cl2N2O2. The molecule has 0 aromatic heterocycles. The van der Waals surface area contributed by atoms with Gasteiger partial charge in [-0.05, 0) is 83.4 Å². The zero-order valence-corrected chi connectivity index (χ0v) is 21.7. The van der Waals surface area contributed by atoms with E-state index in [0.29, 0.717) is 15.6 Å². The standard InChI is InChI=1S/C31H24Cl2N2O2/c1-37-28-17-9-23(10-18-28)30-20-29(22-5-11-25(32)12-6-22)34-35(30)27-15-2-21(3-16-27)4-19-31(36)24-7-13-26(33)14-8-24/h2-19,30H,20H2,1H3/b19-4+. The molecule has 0 aliphatic carbocycles. The maximum atomic E-state index is 12.5. The first kappa shape index (κ1) is 24.8. The van der Waals surface area contributed by atoms with Crippen LogP contribution < -0.4 is 9.75 Å². The number of ether oxygens (including phenoxy) is 1. The van der Waals surface area contributed by atoms with E-state index < -0.39 is 0 Å². The van der Waals surface area contributed by atoms with E-state index in [0.717, 1.165) is 40.3 Å². The van der Waals surface area contributed by atoms with Crippen LogP contribution >= 0.6 is 23.2 Å². The zero-order valence-electron chi connectivity index (χ0n) is 20.1. The largest absolute Gasteiger partial charge is 0.497 e. The first-order valence-corrected chi connectivity index (χ1v) is 12.6. The summed E-state index contributed by atoms with van der Waals surface area (Å²) in [5.41, 5.74) is 5.67.